The maximum atomic E-state index is 4.43. The van der Waals surface area contributed by atoms with E-state index in [-0.39, 0.29) is 24.0 Å². The van der Waals surface area contributed by atoms with Crippen molar-refractivity contribution < 1.29 is 0 Å². The number of likely N-dealkylation sites (tertiary alicyclic amines) is 1. The van der Waals surface area contributed by atoms with E-state index in [4.69, 9.17) is 0 Å². The van der Waals surface area contributed by atoms with Crippen molar-refractivity contribution >= 4 is 35.6 Å². The number of fused-ring (bicyclic) bond motifs is 1. The largest absolute Gasteiger partial charge is 0.367 e. The molecule has 0 bridgehead atoms. The summed E-state index contributed by atoms with van der Waals surface area (Å²) in [7, 11) is 1.86. The summed E-state index contributed by atoms with van der Waals surface area (Å²) in [6.45, 7) is 9.76. The Kier molecular flexibility index (Phi) is 9.22. The highest BCUT2D eigenvalue weighted by Crippen LogP contribution is 2.28. The summed E-state index contributed by atoms with van der Waals surface area (Å²) in [5.41, 5.74) is 5.50. The van der Waals surface area contributed by atoms with Crippen LogP contribution >= 0.6 is 24.0 Å². The van der Waals surface area contributed by atoms with Gasteiger partial charge in [-0.1, -0.05) is 42.5 Å². The number of anilines is 1. The molecule has 0 amide bonds. The molecule has 0 unspecified atom stereocenters. The zero-order chi connectivity index (χ0) is 21.6. The molecule has 2 aromatic rings. The Labute approximate surface area is 210 Å². The fourth-order valence-electron chi connectivity index (χ4n) is 4.69. The van der Waals surface area contributed by atoms with E-state index in [1.54, 1.807) is 0 Å². The summed E-state index contributed by atoms with van der Waals surface area (Å²) in [5.74, 6) is 0.903. The Morgan fingerprint density at radius 2 is 1.69 bits per heavy atom. The molecule has 0 radical (unpaired) electrons. The molecule has 0 aliphatic carbocycles. The first kappa shape index (κ1) is 24.8. The summed E-state index contributed by atoms with van der Waals surface area (Å²) in [4.78, 5) is 9.47. The molecule has 2 N–H and O–H groups in total. The van der Waals surface area contributed by atoms with Gasteiger partial charge in [0.25, 0.3) is 0 Å². The maximum absolute atomic E-state index is 4.43. The smallest absolute Gasteiger partial charge is 0.191 e. The number of nitrogens with one attached hydrogen (secondary N) is 2. The van der Waals surface area contributed by atoms with Crippen LogP contribution in [0, 0.1) is 0 Å². The molecule has 174 valence electrons. The minimum Gasteiger partial charge on any atom is -0.367 e. The van der Waals surface area contributed by atoms with Crippen LogP contribution in [0.25, 0.3) is 0 Å². The van der Waals surface area contributed by atoms with Crippen molar-refractivity contribution in [1.29, 1.82) is 0 Å². The van der Waals surface area contributed by atoms with Gasteiger partial charge < -0.3 is 20.4 Å². The van der Waals surface area contributed by atoms with Crippen LogP contribution in [0.2, 0.25) is 0 Å². The predicted molar refractivity (Wildman–Crippen MR) is 146 cm³/mol. The number of hydrogen-bond donors (Lipinski definition) is 2. The number of hydrogen-bond acceptors (Lipinski definition) is 3. The second-order valence-electron chi connectivity index (χ2n) is 9.09. The Balaban J connectivity index is 0.00000289. The van der Waals surface area contributed by atoms with Gasteiger partial charge >= 0.3 is 0 Å². The van der Waals surface area contributed by atoms with Crippen molar-refractivity contribution in [3.8, 4) is 0 Å². The molecular formula is C26H38IN5. The number of benzene rings is 2. The normalized spacial score (nSPS) is 17.2. The van der Waals surface area contributed by atoms with E-state index < -0.39 is 0 Å². The highest BCUT2D eigenvalue weighted by molar-refractivity contribution is 14.0. The minimum absolute atomic E-state index is 0. The standard InChI is InChI=1S/C26H37N5.HI/c1-20(2)30-16-13-24(14-17-30)29-26(27-3)28-18-21-8-10-22(11-9-21)19-31-15-12-23-6-4-5-7-25(23)31;/h4-11,20,24H,12-19H2,1-3H3,(H2,27,28,29);1H. The summed E-state index contributed by atoms with van der Waals surface area (Å²) in [6.07, 6.45) is 3.50. The van der Waals surface area contributed by atoms with E-state index in [0.29, 0.717) is 12.1 Å². The van der Waals surface area contributed by atoms with Crippen LogP contribution < -0.4 is 15.5 Å². The van der Waals surface area contributed by atoms with Crippen LogP contribution in [0.5, 0.6) is 0 Å². The first-order valence-electron chi connectivity index (χ1n) is 11.7. The van der Waals surface area contributed by atoms with E-state index in [0.717, 1.165) is 45.1 Å². The van der Waals surface area contributed by atoms with Crippen LogP contribution in [0.4, 0.5) is 5.69 Å². The van der Waals surface area contributed by atoms with Gasteiger partial charge in [0.15, 0.2) is 5.96 Å². The molecule has 2 aliphatic heterocycles. The lowest BCUT2D eigenvalue weighted by Crippen LogP contribution is -2.49. The number of aliphatic imine (C=N–C) groups is 1. The van der Waals surface area contributed by atoms with Gasteiger partial charge in [-0.2, -0.15) is 0 Å². The van der Waals surface area contributed by atoms with Crippen molar-refractivity contribution in [1.82, 2.24) is 15.5 Å². The number of nitrogens with zero attached hydrogens (tertiary/aromatic N) is 3. The van der Waals surface area contributed by atoms with Gasteiger partial charge in [-0.25, -0.2) is 0 Å². The van der Waals surface area contributed by atoms with Crippen molar-refractivity contribution in [3.05, 3.63) is 65.2 Å². The fourth-order valence-corrected chi connectivity index (χ4v) is 4.69. The fraction of sp³-hybridized carbons (Fsp3) is 0.500. The minimum atomic E-state index is 0. The molecule has 2 heterocycles. The zero-order valence-corrected chi connectivity index (χ0v) is 22.0. The molecule has 0 saturated carbocycles. The molecule has 2 aliphatic rings. The number of rotatable bonds is 6. The molecule has 5 nitrogen and oxygen atoms in total. The lowest BCUT2D eigenvalue weighted by Gasteiger charge is -2.35. The highest BCUT2D eigenvalue weighted by Gasteiger charge is 2.21. The average Bonchev–Trinajstić information content (AvgIpc) is 3.20. The van der Waals surface area contributed by atoms with Crippen LogP contribution in [0.3, 0.4) is 0 Å². The van der Waals surface area contributed by atoms with Gasteiger partial charge in [-0.3, -0.25) is 4.99 Å². The topological polar surface area (TPSA) is 42.9 Å². The Hall–Kier alpha value is -1.80. The Morgan fingerprint density at radius 3 is 2.38 bits per heavy atom. The zero-order valence-electron chi connectivity index (χ0n) is 19.7. The molecule has 0 spiro atoms. The average molecular weight is 548 g/mol. The third kappa shape index (κ3) is 6.38. The lowest BCUT2D eigenvalue weighted by atomic mass is 10.0. The molecule has 0 aromatic heterocycles. The van der Waals surface area contributed by atoms with Gasteiger partial charge in [0.2, 0.25) is 0 Å². The molecule has 32 heavy (non-hydrogen) atoms. The third-order valence-corrected chi connectivity index (χ3v) is 6.66. The third-order valence-electron chi connectivity index (χ3n) is 6.66. The van der Waals surface area contributed by atoms with Crippen LogP contribution in [0.15, 0.2) is 53.5 Å². The van der Waals surface area contributed by atoms with E-state index in [1.165, 1.54) is 35.2 Å². The van der Waals surface area contributed by atoms with E-state index in [2.05, 4.69) is 87.8 Å². The predicted octanol–water partition coefficient (Wildman–Crippen LogP) is 4.41. The summed E-state index contributed by atoms with van der Waals surface area (Å²) in [5, 5.41) is 7.10. The van der Waals surface area contributed by atoms with E-state index in [9.17, 15) is 0 Å². The van der Waals surface area contributed by atoms with Crippen LogP contribution in [-0.2, 0) is 19.5 Å². The van der Waals surface area contributed by atoms with Crippen molar-refractivity contribution in [2.24, 2.45) is 4.99 Å². The number of halogens is 1. The molecular weight excluding hydrogens is 509 g/mol. The van der Waals surface area contributed by atoms with Crippen molar-refractivity contribution in [2.75, 3.05) is 31.6 Å². The van der Waals surface area contributed by atoms with Crippen LogP contribution in [-0.4, -0.2) is 49.6 Å². The second kappa shape index (κ2) is 11.9. The molecule has 4 rings (SSSR count). The summed E-state index contributed by atoms with van der Waals surface area (Å²) in [6, 6.07) is 18.9. The Morgan fingerprint density at radius 1 is 1.00 bits per heavy atom. The van der Waals surface area contributed by atoms with E-state index >= 15 is 0 Å². The number of guanidine groups is 1. The van der Waals surface area contributed by atoms with Crippen molar-refractivity contribution in [2.45, 2.75) is 58.3 Å². The first-order chi connectivity index (χ1) is 15.1. The van der Waals surface area contributed by atoms with Gasteiger partial charge in [-0.15, -0.1) is 24.0 Å². The van der Waals surface area contributed by atoms with Gasteiger partial charge in [-0.05, 0) is 55.9 Å². The van der Waals surface area contributed by atoms with Gasteiger partial charge in [0.1, 0.15) is 0 Å². The molecule has 1 fully saturated rings. The van der Waals surface area contributed by atoms with Crippen LogP contribution in [0.1, 0.15) is 43.4 Å². The summed E-state index contributed by atoms with van der Waals surface area (Å²) >= 11 is 0. The van der Waals surface area contributed by atoms with E-state index in [1.807, 2.05) is 7.05 Å². The Bertz CT molecular complexity index is 872. The number of piperidine rings is 1. The molecule has 2 aromatic carbocycles. The van der Waals surface area contributed by atoms with Crippen molar-refractivity contribution in [3.63, 3.8) is 0 Å². The maximum Gasteiger partial charge on any atom is 0.191 e. The number of para-hydroxylation sites is 1. The quantitative estimate of drug-likeness (QED) is 0.320. The molecule has 6 heteroatoms. The molecule has 1 saturated heterocycles. The SMILES string of the molecule is CN=C(NCc1ccc(CN2CCc3ccccc32)cc1)NC1CCN(C(C)C)CC1.I. The first-order valence-corrected chi connectivity index (χ1v) is 11.7. The van der Waals surface area contributed by atoms with Gasteiger partial charge in [0.05, 0.1) is 0 Å². The second-order valence-corrected chi connectivity index (χ2v) is 9.09. The summed E-state index contributed by atoms with van der Waals surface area (Å²) < 4.78 is 0. The molecule has 0 atom stereocenters. The highest BCUT2D eigenvalue weighted by atomic mass is 127. The van der Waals surface area contributed by atoms with Gasteiger partial charge in [0, 0.05) is 57.5 Å². The monoisotopic (exact) mass is 547 g/mol. The lowest BCUT2D eigenvalue weighted by molar-refractivity contribution is 0.167.